The summed E-state index contributed by atoms with van der Waals surface area (Å²) in [6, 6.07) is 3.85. The number of rotatable bonds is 5. The molecular weight excluding hydrogens is 262 g/mol. The average Bonchev–Trinajstić information content (AvgIpc) is 2.43. The van der Waals surface area contributed by atoms with E-state index in [4.69, 9.17) is 26.8 Å². The summed E-state index contributed by atoms with van der Waals surface area (Å²) in [5, 5.41) is 0.585. The second-order valence-electron chi connectivity index (χ2n) is 4.66. The molecule has 4 heteroatoms. The Morgan fingerprint density at radius 2 is 2.26 bits per heavy atom. The van der Waals surface area contributed by atoms with Crippen LogP contribution < -0.4 is 15.2 Å². The van der Waals surface area contributed by atoms with Crippen LogP contribution in [0.4, 0.5) is 0 Å². The van der Waals surface area contributed by atoms with E-state index < -0.39 is 0 Å². The van der Waals surface area contributed by atoms with Crippen molar-refractivity contribution in [3.8, 4) is 11.5 Å². The highest BCUT2D eigenvalue weighted by molar-refractivity contribution is 6.32. The van der Waals surface area contributed by atoms with Crippen LogP contribution in [0.5, 0.6) is 11.5 Å². The molecule has 0 aliphatic heterocycles. The first-order valence-electron chi connectivity index (χ1n) is 6.64. The lowest BCUT2D eigenvalue weighted by Gasteiger charge is -2.21. The molecule has 0 amide bonds. The summed E-state index contributed by atoms with van der Waals surface area (Å²) in [6.45, 7) is 0.588. The molecule has 1 aromatic carbocycles. The highest BCUT2D eigenvalue weighted by Gasteiger charge is 2.17. The first-order valence-corrected chi connectivity index (χ1v) is 7.02. The Kier molecular flexibility index (Phi) is 5.11. The Balaban J connectivity index is 2.22. The molecule has 0 aromatic heterocycles. The molecule has 0 spiro atoms. The van der Waals surface area contributed by atoms with Crippen LogP contribution in [0.3, 0.4) is 0 Å². The molecule has 0 bridgehead atoms. The summed E-state index contributed by atoms with van der Waals surface area (Å²) in [5.74, 6) is 1.30. The van der Waals surface area contributed by atoms with Crippen molar-refractivity contribution in [2.24, 2.45) is 5.73 Å². The van der Waals surface area contributed by atoms with Gasteiger partial charge in [0.15, 0.2) is 11.5 Å². The number of hydrogen-bond acceptors (Lipinski definition) is 3. The van der Waals surface area contributed by atoms with E-state index in [9.17, 15) is 0 Å². The molecule has 0 heterocycles. The normalized spacial score (nSPS) is 18.4. The van der Waals surface area contributed by atoms with Crippen LogP contribution in [-0.4, -0.2) is 19.8 Å². The molecular formula is C15H20ClNO2. The fourth-order valence-electron chi connectivity index (χ4n) is 2.23. The van der Waals surface area contributed by atoms with E-state index in [0.717, 1.165) is 31.2 Å². The Labute approximate surface area is 119 Å². The van der Waals surface area contributed by atoms with Crippen molar-refractivity contribution in [1.82, 2.24) is 0 Å². The second-order valence-corrected chi connectivity index (χ2v) is 5.07. The third-order valence-electron chi connectivity index (χ3n) is 3.20. The van der Waals surface area contributed by atoms with Crippen LogP contribution in [0.15, 0.2) is 24.3 Å². The summed E-state index contributed by atoms with van der Waals surface area (Å²) >= 11 is 6.30. The maximum atomic E-state index is 6.30. The fourth-order valence-corrected chi connectivity index (χ4v) is 2.51. The minimum absolute atomic E-state index is 0.0838. The van der Waals surface area contributed by atoms with Gasteiger partial charge in [0, 0.05) is 0 Å². The van der Waals surface area contributed by atoms with Gasteiger partial charge >= 0.3 is 0 Å². The van der Waals surface area contributed by atoms with Gasteiger partial charge in [-0.25, -0.2) is 0 Å². The lowest BCUT2D eigenvalue weighted by Crippen LogP contribution is -2.16. The molecule has 0 saturated carbocycles. The van der Waals surface area contributed by atoms with Gasteiger partial charge in [-0.1, -0.05) is 17.7 Å². The van der Waals surface area contributed by atoms with E-state index in [1.165, 1.54) is 0 Å². The summed E-state index contributed by atoms with van der Waals surface area (Å²) in [4.78, 5) is 0. The van der Waals surface area contributed by atoms with E-state index in [1.54, 1.807) is 7.11 Å². The van der Waals surface area contributed by atoms with Crippen molar-refractivity contribution in [3.63, 3.8) is 0 Å². The summed E-state index contributed by atoms with van der Waals surface area (Å²) in [6.07, 6.45) is 8.39. The Morgan fingerprint density at radius 3 is 2.89 bits per heavy atom. The van der Waals surface area contributed by atoms with Crippen LogP contribution in [-0.2, 0) is 6.42 Å². The van der Waals surface area contributed by atoms with E-state index in [2.05, 4.69) is 12.2 Å². The van der Waals surface area contributed by atoms with Crippen molar-refractivity contribution < 1.29 is 9.47 Å². The second kappa shape index (κ2) is 6.83. The average molecular weight is 282 g/mol. The van der Waals surface area contributed by atoms with Crippen molar-refractivity contribution in [1.29, 1.82) is 0 Å². The predicted octanol–water partition coefficient (Wildman–Crippen LogP) is 3.34. The lowest BCUT2D eigenvalue weighted by molar-refractivity contribution is 0.219. The number of halogens is 1. The van der Waals surface area contributed by atoms with Crippen LogP contribution in [0.2, 0.25) is 5.02 Å². The number of methoxy groups -OCH3 is 1. The number of allylic oxidation sites excluding steroid dienone is 1. The van der Waals surface area contributed by atoms with Crippen LogP contribution in [0, 0.1) is 0 Å². The van der Waals surface area contributed by atoms with Gasteiger partial charge in [-0.15, -0.1) is 0 Å². The van der Waals surface area contributed by atoms with Gasteiger partial charge in [-0.3, -0.25) is 0 Å². The van der Waals surface area contributed by atoms with Crippen LogP contribution in [0.1, 0.15) is 24.8 Å². The number of benzene rings is 1. The highest BCUT2D eigenvalue weighted by Crippen LogP contribution is 2.38. The van der Waals surface area contributed by atoms with Gasteiger partial charge in [0.25, 0.3) is 0 Å². The molecule has 1 aliphatic carbocycles. The Morgan fingerprint density at radius 1 is 1.42 bits per heavy atom. The van der Waals surface area contributed by atoms with Crippen LogP contribution >= 0.6 is 11.6 Å². The van der Waals surface area contributed by atoms with E-state index >= 15 is 0 Å². The van der Waals surface area contributed by atoms with Gasteiger partial charge in [-0.05, 0) is 56.0 Å². The SMILES string of the molecule is COc1cc(CCN)cc(Cl)c1OC1C=CCCC1. The number of nitrogens with two attached hydrogens (primary N) is 1. The monoisotopic (exact) mass is 281 g/mol. The number of hydrogen-bond donors (Lipinski definition) is 1. The van der Waals surface area contributed by atoms with Gasteiger partial charge in [0.2, 0.25) is 0 Å². The van der Waals surface area contributed by atoms with E-state index in [-0.39, 0.29) is 6.10 Å². The molecule has 0 saturated heterocycles. The standard InChI is InChI=1S/C15H20ClNO2/c1-18-14-10-11(7-8-17)9-13(16)15(14)19-12-5-3-2-4-6-12/h3,5,9-10,12H,2,4,6-8,17H2,1H3. The smallest absolute Gasteiger partial charge is 0.180 e. The summed E-state index contributed by atoms with van der Waals surface area (Å²) < 4.78 is 11.3. The zero-order chi connectivity index (χ0) is 13.7. The maximum Gasteiger partial charge on any atom is 0.180 e. The first kappa shape index (κ1) is 14.2. The minimum Gasteiger partial charge on any atom is -0.493 e. The third-order valence-corrected chi connectivity index (χ3v) is 3.48. The van der Waals surface area contributed by atoms with E-state index in [0.29, 0.717) is 23.1 Å². The molecule has 1 aliphatic rings. The van der Waals surface area contributed by atoms with Gasteiger partial charge in [0.05, 0.1) is 12.1 Å². The fraction of sp³-hybridized carbons (Fsp3) is 0.467. The molecule has 3 nitrogen and oxygen atoms in total. The predicted molar refractivity (Wildman–Crippen MR) is 78.2 cm³/mol. The molecule has 2 N–H and O–H groups in total. The summed E-state index contributed by atoms with van der Waals surface area (Å²) in [7, 11) is 1.63. The third kappa shape index (κ3) is 3.64. The van der Waals surface area contributed by atoms with Crippen LogP contribution in [0.25, 0.3) is 0 Å². The summed E-state index contributed by atoms with van der Waals surface area (Å²) in [5.41, 5.74) is 6.63. The molecule has 104 valence electrons. The molecule has 1 aromatic rings. The zero-order valence-corrected chi connectivity index (χ0v) is 12.0. The van der Waals surface area contributed by atoms with E-state index in [1.807, 2.05) is 12.1 Å². The number of ether oxygens (including phenoxy) is 2. The molecule has 1 unspecified atom stereocenters. The van der Waals surface area contributed by atoms with Crippen molar-refractivity contribution in [2.45, 2.75) is 31.8 Å². The van der Waals surface area contributed by atoms with Crippen molar-refractivity contribution in [3.05, 3.63) is 34.9 Å². The van der Waals surface area contributed by atoms with Crippen molar-refractivity contribution in [2.75, 3.05) is 13.7 Å². The molecule has 19 heavy (non-hydrogen) atoms. The minimum atomic E-state index is 0.0838. The van der Waals surface area contributed by atoms with Gasteiger partial charge in [-0.2, -0.15) is 0 Å². The van der Waals surface area contributed by atoms with Crippen molar-refractivity contribution >= 4 is 11.6 Å². The molecule has 0 fully saturated rings. The van der Waals surface area contributed by atoms with Gasteiger partial charge < -0.3 is 15.2 Å². The largest absolute Gasteiger partial charge is 0.493 e. The zero-order valence-electron chi connectivity index (χ0n) is 11.2. The Bertz CT molecular complexity index is 460. The first-order chi connectivity index (χ1) is 9.24. The van der Waals surface area contributed by atoms with Gasteiger partial charge in [0.1, 0.15) is 6.10 Å². The molecule has 2 rings (SSSR count). The Hall–Kier alpha value is -1.19. The quantitative estimate of drug-likeness (QED) is 0.842. The molecule has 0 radical (unpaired) electrons. The molecule has 1 atom stereocenters. The highest BCUT2D eigenvalue weighted by atomic mass is 35.5. The lowest BCUT2D eigenvalue weighted by atomic mass is 10.1. The topological polar surface area (TPSA) is 44.5 Å². The maximum absolute atomic E-state index is 6.30.